The number of methoxy groups -OCH3 is 1. The predicted molar refractivity (Wildman–Crippen MR) is 51.5 cm³/mol. The monoisotopic (exact) mass is 202 g/mol. The van der Waals surface area contributed by atoms with Crippen molar-refractivity contribution in [1.82, 2.24) is 14.8 Å². The summed E-state index contributed by atoms with van der Waals surface area (Å²) in [5.41, 5.74) is 0.142. The first-order valence-electron chi connectivity index (χ1n) is 4.28. The van der Waals surface area contributed by atoms with E-state index in [1.54, 1.807) is 18.3 Å². The molecule has 0 N–H and O–H groups in total. The molecule has 0 unspecified atom stereocenters. The highest BCUT2D eigenvalue weighted by Crippen LogP contribution is 2.03. The molecule has 0 fully saturated rings. The number of carbonyl (C=O) groups excluding carboxylic acids is 1. The van der Waals surface area contributed by atoms with Crippen LogP contribution in [0.2, 0.25) is 0 Å². The van der Waals surface area contributed by atoms with Crippen LogP contribution in [0.15, 0.2) is 30.6 Å². The standard InChI is InChI=1S/C10H8N3O2/c1-15-10(14)8-5-7-13(12-8)9-4-2-3-6-11-9/h2-4,6-7H,1H3. The van der Waals surface area contributed by atoms with Crippen LogP contribution >= 0.6 is 0 Å². The number of pyridine rings is 1. The molecule has 0 aromatic carbocycles. The summed E-state index contributed by atoms with van der Waals surface area (Å²) in [6.07, 6.45) is 3.18. The van der Waals surface area contributed by atoms with E-state index in [0.717, 1.165) is 0 Å². The number of rotatable bonds is 2. The zero-order valence-corrected chi connectivity index (χ0v) is 8.04. The van der Waals surface area contributed by atoms with Crippen molar-refractivity contribution >= 4 is 5.97 Å². The first kappa shape index (κ1) is 9.39. The van der Waals surface area contributed by atoms with E-state index >= 15 is 0 Å². The van der Waals surface area contributed by atoms with Gasteiger partial charge in [0.2, 0.25) is 0 Å². The van der Waals surface area contributed by atoms with Crippen LogP contribution < -0.4 is 0 Å². The highest BCUT2D eigenvalue weighted by atomic mass is 16.5. The maximum atomic E-state index is 11.1. The fourth-order valence-corrected chi connectivity index (χ4v) is 1.09. The molecule has 2 aromatic rings. The molecule has 2 heterocycles. The second-order valence-electron chi connectivity index (χ2n) is 2.75. The molecule has 0 spiro atoms. The fourth-order valence-electron chi connectivity index (χ4n) is 1.09. The molecule has 1 radical (unpaired) electrons. The molecule has 0 atom stereocenters. The van der Waals surface area contributed by atoms with Crippen LogP contribution in [-0.2, 0) is 4.74 Å². The van der Waals surface area contributed by atoms with E-state index in [-0.39, 0.29) is 5.69 Å². The van der Waals surface area contributed by atoms with Crippen LogP contribution in [0.25, 0.3) is 5.82 Å². The van der Waals surface area contributed by atoms with Crippen LogP contribution in [0, 0.1) is 6.07 Å². The third kappa shape index (κ3) is 1.85. The number of ether oxygens (including phenoxy) is 1. The van der Waals surface area contributed by atoms with Gasteiger partial charge in [-0.2, -0.15) is 5.10 Å². The van der Waals surface area contributed by atoms with Crippen LogP contribution in [0.5, 0.6) is 0 Å². The van der Waals surface area contributed by atoms with Gasteiger partial charge in [-0.3, -0.25) is 0 Å². The molecule has 0 saturated carbocycles. The second-order valence-corrected chi connectivity index (χ2v) is 2.75. The lowest BCUT2D eigenvalue weighted by molar-refractivity contribution is 0.0593. The van der Waals surface area contributed by atoms with Gasteiger partial charge in [0.15, 0.2) is 11.5 Å². The van der Waals surface area contributed by atoms with Crippen LogP contribution in [0.3, 0.4) is 0 Å². The van der Waals surface area contributed by atoms with Crippen molar-refractivity contribution in [1.29, 1.82) is 0 Å². The Balaban J connectivity index is 2.32. The van der Waals surface area contributed by atoms with Crippen molar-refractivity contribution in [3.63, 3.8) is 0 Å². The largest absolute Gasteiger partial charge is 0.464 e. The van der Waals surface area contributed by atoms with E-state index in [9.17, 15) is 4.79 Å². The van der Waals surface area contributed by atoms with Gasteiger partial charge in [-0.1, -0.05) is 6.07 Å². The molecule has 2 rings (SSSR count). The van der Waals surface area contributed by atoms with Crippen LogP contribution in [0.4, 0.5) is 0 Å². The SMILES string of the molecule is COC(=O)c1[c]cn(-c2ccccn2)n1. The number of hydrogen-bond donors (Lipinski definition) is 0. The van der Waals surface area contributed by atoms with E-state index in [1.807, 2.05) is 6.07 Å². The summed E-state index contributed by atoms with van der Waals surface area (Å²) in [4.78, 5) is 15.2. The average molecular weight is 202 g/mol. The molecular weight excluding hydrogens is 194 g/mol. The Bertz CT molecular complexity index is 465. The molecule has 0 amide bonds. The molecular formula is C10H8N3O2. The maximum absolute atomic E-state index is 11.1. The van der Waals surface area contributed by atoms with Gasteiger partial charge in [-0.25, -0.2) is 14.5 Å². The smallest absolute Gasteiger partial charge is 0.359 e. The van der Waals surface area contributed by atoms with Gasteiger partial charge >= 0.3 is 5.97 Å². The summed E-state index contributed by atoms with van der Waals surface area (Å²) in [7, 11) is 1.30. The second kappa shape index (κ2) is 3.91. The number of hydrogen-bond acceptors (Lipinski definition) is 4. The lowest BCUT2D eigenvalue weighted by atomic mass is 10.4. The van der Waals surface area contributed by atoms with E-state index in [4.69, 9.17) is 0 Å². The van der Waals surface area contributed by atoms with Gasteiger partial charge in [0.05, 0.1) is 7.11 Å². The van der Waals surface area contributed by atoms with Crippen molar-refractivity contribution in [2.24, 2.45) is 0 Å². The summed E-state index contributed by atoms with van der Waals surface area (Å²) in [6, 6.07) is 8.11. The zero-order valence-electron chi connectivity index (χ0n) is 8.04. The third-order valence-electron chi connectivity index (χ3n) is 1.79. The van der Waals surface area contributed by atoms with E-state index < -0.39 is 5.97 Å². The molecule has 0 bridgehead atoms. The lowest BCUT2D eigenvalue weighted by Gasteiger charge is -1.97. The highest BCUT2D eigenvalue weighted by Gasteiger charge is 2.10. The molecule has 0 aliphatic rings. The first-order chi connectivity index (χ1) is 7.31. The zero-order chi connectivity index (χ0) is 10.7. The van der Waals surface area contributed by atoms with Crippen molar-refractivity contribution < 1.29 is 9.53 Å². The van der Waals surface area contributed by atoms with Gasteiger partial charge in [0.1, 0.15) is 0 Å². The van der Waals surface area contributed by atoms with Gasteiger partial charge in [0, 0.05) is 18.5 Å². The summed E-state index contributed by atoms with van der Waals surface area (Å²) < 4.78 is 5.98. The van der Waals surface area contributed by atoms with Crippen molar-refractivity contribution in [3.05, 3.63) is 42.4 Å². The minimum Gasteiger partial charge on any atom is -0.464 e. The molecule has 5 nitrogen and oxygen atoms in total. The highest BCUT2D eigenvalue weighted by molar-refractivity contribution is 5.86. The molecule has 0 aliphatic heterocycles. The Morgan fingerprint density at radius 1 is 1.53 bits per heavy atom. The van der Waals surface area contributed by atoms with Gasteiger partial charge < -0.3 is 4.74 Å². The maximum Gasteiger partial charge on any atom is 0.359 e. The Morgan fingerprint density at radius 2 is 2.40 bits per heavy atom. The number of aromatic nitrogens is 3. The summed E-state index contributed by atoms with van der Waals surface area (Å²) in [5.74, 6) is 0.119. The van der Waals surface area contributed by atoms with Crippen LogP contribution in [0.1, 0.15) is 10.5 Å². The molecule has 15 heavy (non-hydrogen) atoms. The van der Waals surface area contributed by atoms with Crippen molar-refractivity contribution in [2.75, 3.05) is 7.11 Å². The topological polar surface area (TPSA) is 57.0 Å². The summed E-state index contributed by atoms with van der Waals surface area (Å²) in [6.45, 7) is 0. The van der Waals surface area contributed by atoms with Gasteiger partial charge in [-0.05, 0) is 12.1 Å². The van der Waals surface area contributed by atoms with Gasteiger partial charge in [-0.15, -0.1) is 0 Å². The Kier molecular flexibility index (Phi) is 2.45. The number of nitrogens with zero attached hydrogens (tertiary/aromatic N) is 3. The summed E-state index contributed by atoms with van der Waals surface area (Å²) >= 11 is 0. The Hall–Kier alpha value is -2.17. The average Bonchev–Trinajstić information content (AvgIpc) is 2.78. The van der Waals surface area contributed by atoms with E-state index in [0.29, 0.717) is 5.82 Å². The molecule has 0 aliphatic carbocycles. The quantitative estimate of drug-likeness (QED) is 0.677. The molecule has 75 valence electrons. The normalized spacial score (nSPS) is 9.93. The van der Waals surface area contributed by atoms with Crippen molar-refractivity contribution in [3.8, 4) is 5.82 Å². The predicted octanol–water partition coefficient (Wildman–Crippen LogP) is 0.854. The first-order valence-corrected chi connectivity index (χ1v) is 4.28. The third-order valence-corrected chi connectivity index (χ3v) is 1.79. The Morgan fingerprint density at radius 3 is 3.07 bits per heavy atom. The van der Waals surface area contributed by atoms with Gasteiger partial charge in [0.25, 0.3) is 0 Å². The summed E-state index contributed by atoms with van der Waals surface area (Å²) in [5, 5.41) is 3.98. The number of esters is 1. The Labute approximate surface area is 86.3 Å². The lowest BCUT2D eigenvalue weighted by Crippen LogP contribution is -2.04. The fraction of sp³-hybridized carbons (Fsp3) is 0.100. The van der Waals surface area contributed by atoms with E-state index in [2.05, 4.69) is 20.9 Å². The molecule has 0 saturated heterocycles. The molecule has 2 aromatic heterocycles. The van der Waals surface area contributed by atoms with E-state index in [1.165, 1.54) is 18.0 Å². The minimum atomic E-state index is -0.510. The molecule has 5 heteroatoms. The number of carbonyl (C=O) groups is 1. The van der Waals surface area contributed by atoms with Crippen LogP contribution in [-0.4, -0.2) is 27.8 Å². The minimum absolute atomic E-state index is 0.142. The van der Waals surface area contributed by atoms with Crippen molar-refractivity contribution in [2.45, 2.75) is 0 Å².